The number of halogens is 7. The van der Waals surface area contributed by atoms with E-state index in [2.05, 4.69) is 25.4 Å². The lowest BCUT2D eigenvalue weighted by Gasteiger charge is -2.13. The lowest BCUT2D eigenvalue weighted by Crippen LogP contribution is -2.29. The zero-order chi connectivity index (χ0) is 20.8. The van der Waals surface area contributed by atoms with E-state index >= 15 is 0 Å². The highest BCUT2D eigenvalue weighted by Gasteiger charge is 2.35. The Morgan fingerprint density at radius 3 is 1.93 bits per heavy atom. The van der Waals surface area contributed by atoms with Crippen LogP contribution in [0.1, 0.15) is 0 Å². The van der Waals surface area contributed by atoms with Crippen LogP contribution in [-0.2, 0) is 19.1 Å². The second-order valence-corrected chi connectivity index (χ2v) is 5.65. The maximum Gasteiger partial charge on any atom is 0.422 e. The molecule has 0 aliphatic carbocycles. The molecule has 1 aromatic carbocycles. The van der Waals surface area contributed by atoms with Gasteiger partial charge in [-0.1, -0.05) is 15.9 Å². The molecular formula is C14H10BrF6NO5. The van der Waals surface area contributed by atoms with E-state index in [4.69, 9.17) is 0 Å². The second-order valence-electron chi connectivity index (χ2n) is 4.74. The van der Waals surface area contributed by atoms with Crippen molar-refractivity contribution >= 4 is 33.5 Å². The third kappa shape index (κ3) is 8.66. The Morgan fingerprint density at radius 2 is 1.44 bits per heavy atom. The monoisotopic (exact) mass is 465 g/mol. The van der Waals surface area contributed by atoms with Crippen LogP contribution in [0.4, 0.5) is 32.0 Å². The number of hydrogen-bond acceptors (Lipinski definition) is 5. The summed E-state index contributed by atoms with van der Waals surface area (Å²) in [4.78, 5) is 23.7. The van der Waals surface area contributed by atoms with Crippen molar-refractivity contribution in [1.29, 1.82) is 0 Å². The molecule has 0 aliphatic rings. The van der Waals surface area contributed by atoms with Crippen LogP contribution in [0, 0.1) is 0 Å². The SMILES string of the molecule is O=C(Nc1ccc(Br)cc1)/C(C(=O)OCC(F)(F)F)=C(/O)OCC(F)(F)F. The number of aliphatic hydroxyl groups is 1. The van der Waals surface area contributed by atoms with E-state index in [9.17, 15) is 41.0 Å². The maximum atomic E-state index is 12.1. The molecule has 0 heterocycles. The molecule has 0 aliphatic heterocycles. The van der Waals surface area contributed by atoms with E-state index in [-0.39, 0.29) is 5.69 Å². The molecule has 0 bridgehead atoms. The van der Waals surface area contributed by atoms with Crippen molar-refractivity contribution < 1.29 is 50.5 Å². The number of esters is 1. The number of carbonyl (C=O) groups excluding carboxylic acids is 2. The highest BCUT2D eigenvalue weighted by molar-refractivity contribution is 9.10. The molecule has 0 radical (unpaired) electrons. The predicted octanol–water partition coefficient (Wildman–Crippen LogP) is 3.84. The van der Waals surface area contributed by atoms with Crippen LogP contribution in [-0.4, -0.2) is 42.5 Å². The Kier molecular flexibility index (Phi) is 7.51. The van der Waals surface area contributed by atoms with Crippen molar-refractivity contribution in [3.63, 3.8) is 0 Å². The van der Waals surface area contributed by atoms with Crippen LogP contribution < -0.4 is 5.32 Å². The predicted molar refractivity (Wildman–Crippen MR) is 81.4 cm³/mol. The normalized spacial score (nSPS) is 12.9. The third-order valence-electron chi connectivity index (χ3n) is 2.49. The molecule has 13 heteroatoms. The highest BCUT2D eigenvalue weighted by atomic mass is 79.9. The zero-order valence-corrected chi connectivity index (χ0v) is 14.5. The van der Waals surface area contributed by atoms with Gasteiger partial charge in [-0.2, -0.15) is 26.3 Å². The maximum absolute atomic E-state index is 12.1. The number of amides is 1. The van der Waals surface area contributed by atoms with E-state index in [1.165, 1.54) is 24.3 Å². The molecule has 0 saturated heterocycles. The molecule has 0 spiro atoms. The summed E-state index contributed by atoms with van der Waals surface area (Å²) in [6.45, 7) is -4.23. The summed E-state index contributed by atoms with van der Waals surface area (Å²) in [5, 5.41) is 11.5. The quantitative estimate of drug-likeness (QED) is 0.166. The molecule has 1 rings (SSSR count). The molecule has 0 atom stereocenters. The number of rotatable bonds is 6. The van der Waals surface area contributed by atoms with Crippen LogP contribution in [0.15, 0.2) is 40.3 Å². The van der Waals surface area contributed by atoms with Gasteiger partial charge in [-0.25, -0.2) is 4.79 Å². The van der Waals surface area contributed by atoms with Crippen LogP contribution in [0.25, 0.3) is 0 Å². The van der Waals surface area contributed by atoms with Gasteiger partial charge < -0.3 is 19.9 Å². The second kappa shape index (κ2) is 8.97. The lowest BCUT2D eigenvalue weighted by atomic mass is 10.2. The summed E-state index contributed by atoms with van der Waals surface area (Å²) in [7, 11) is 0. The number of nitrogens with one attached hydrogen (secondary N) is 1. The van der Waals surface area contributed by atoms with E-state index in [1.54, 1.807) is 0 Å². The molecule has 0 fully saturated rings. The Bertz CT molecular complexity index is 714. The minimum Gasteiger partial charge on any atom is -0.480 e. The molecule has 1 aromatic rings. The van der Waals surface area contributed by atoms with E-state index in [0.29, 0.717) is 4.47 Å². The summed E-state index contributed by atoms with van der Waals surface area (Å²) < 4.78 is 81.1. The topological polar surface area (TPSA) is 84.9 Å². The summed E-state index contributed by atoms with van der Waals surface area (Å²) in [6, 6.07) is 5.49. The van der Waals surface area contributed by atoms with Gasteiger partial charge in [0.25, 0.3) is 11.9 Å². The van der Waals surface area contributed by atoms with Gasteiger partial charge in [0, 0.05) is 10.2 Å². The van der Waals surface area contributed by atoms with Crippen molar-refractivity contribution in [3.8, 4) is 0 Å². The van der Waals surface area contributed by atoms with Gasteiger partial charge in [0.1, 0.15) is 0 Å². The van der Waals surface area contributed by atoms with Gasteiger partial charge in [-0.3, -0.25) is 4.79 Å². The van der Waals surface area contributed by atoms with E-state index in [1.807, 2.05) is 5.32 Å². The number of carbonyl (C=O) groups is 2. The molecule has 1 amide bonds. The molecule has 150 valence electrons. The molecule has 0 saturated carbocycles. The average Bonchev–Trinajstić information content (AvgIpc) is 2.52. The van der Waals surface area contributed by atoms with Gasteiger partial charge in [-0.05, 0) is 24.3 Å². The number of aliphatic hydroxyl groups excluding tert-OH is 1. The number of benzene rings is 1. The van der Waals surface area contributed by atoms with Gasteiger partial charge in [0.2, 0.25) is 5.57 Å². The third-order valence-corrected chi connectivity index (χ3v) is 3.02. The molecular weight excluding hydrogens is 456 g/mol. The van der Waals surface area contributed by atoms with Crippen LogP contribution >= 0.6 is 15.9 Å². The van der Waals surface area contributed by atoms with Gasteiger partial charge in [-0.15, -0.1) is 0 Å². The van der Waals surface area contributed by atoms with Crippen molar-refractivity contribution in [3.05, 3.63) is 40.3 Å². The molecule has 0 aromatic heterocycles. The van der Waals surface area contributed by atoms with E-state index in [0.717, 1.165) is 0 Å². The zero-order valence-electron chi connectivity index (χ0n) is 12.9. The number of ether oxygens (including phenoxy) is 2. The Hall–Kier alpha value is -2.44. The van der Waals surface area contributed by atoms with Crippen LogP contribution in [0.5, 0.6) is 0 Å². The summed E-state index contributed by atoms with van der Waals surface area (Å²) >= 11 is 3.10. The van der Waals surface area contributed by atoms with E-state index < -0.39 is 49.0 Å². The fraction of sp³-hybridized carbons (Fsp3) is 0.286. The van der Waals surface area contributed by atoms with Gasteiger partial charge in [0.05, 0.1) is 0 Å². The van der Waals surface area contributed by atoms with Gasteiger partial charge in [0.15, 0.2) is 13.2 Å². The number of anilines is 1. The molecule has 6 nitrogen and oxygen atoms in total. The Labute approximate surface area is 155 Å². The lowest BCUT2D eigenvalue weighted by molar-refractivity contribution is -0.185. The van der Waals surface area contributed by atoms with Crippen LogP contribution in [0.2, 0.25) is 0 Å². The smallest absolute Gasteiger partial charge is 0.422 e. The minimum atomic E-state index is -4.97. The Balaban J connectivity index is 3.05. The van der Waals surface area contributed by atoms with Crippen LogP contribution in [0.3, 0.4) is 0 Å². The fourth-order valence-electron chi connectivity index (χ4n) is 1.45. The average molecular weight is 466 g/mol. The summed E-state index contributed by atoms with van der Waals surface area (Å²) in [5.74, 6) is -5.40. The summed E-state index contributed by atoms with van der Waals surface area (Å²) in [5.41, 5.74) is -1.54. The Morgan fingerprint density at radius 1 is 0.963 bits per heavy atom. The first-order valence-electron chi connectivity index (χ1n) is 6.72. The first kappa shape index (κ1) is 22.6. The van der Waals surface area contributed by atoms with Crippen molar-refractivity contribution in [2.75, 3.05) is 18.5 Å². The number of hydrogen-bond donors (Lipinski definition) is 2. The molecule has 27 heavy (non-hydrogen) atoms. The summed E-state index contributed by atoms with van der Waals surface area (Å²) in [6.07, 6.45) is -9.91. The fourth-order valence-corrected chi connectivity index (χ4v) is 1.71. The standard InChI is InChI=1S/C14H10BrF6NO5/c15-7-1-3-8(4-2-7)22-10(23)9(11(24)26-5-13(16,17)18)12(25)27-6-14(19,20)21/h1-4,24H,5-6H2,(H,22,23)/b11-9+. The first-order chi connectivity index (χ1) is 12.3. The largest absolute Gasteiger partial charge is 0.480 e. The van der Waals surface area contributed by atoms with Gasteiger partial charge >= 0.3 is 18.3 Å². The minimum absolute atomic E-state index is 0.0212. The molecule has 0 unspecified atom stereocenters. The first-order valence-corrected chi connectivity index (χ1v) is 7.51. The van der Waals surface area contributed by atoms with Crippen molar-refractivity contribution in [1.82, 2.24) is 0 Å². The molecule has 2 N–H and O–H groups in total. The highest BCUT2D eigenvalue weighted by Crippen LogP contribution is 2.20. The van der Waals surface area contributed by atoms with Crippen molar-refractivity contribution in [2.45, 2.75) is 12.4 Å². The van der Waals surface area contributed by atoms with Crippen molar-refractivity contribution in [2.24, 2.45) is 0 Å². The number of alkyl halides is 6.